The highest BCUT2D eigenvalue weighted by Crippen LogP contribution is 2.13. The molecule has 5 nitrogen and oxygen atoms in total. The molecule has 12 heavy (non-hydrogen) atoms. The average molecular weight is 165 g/mol. The van der Waals surface area contributed by atoms with Crippen molar-refractivity contribution in [1.29, 1.82) is 0 Å². The Morgan fingerprint density at radius 3 is 3.00 bits per heavy atom. The summed E-state index contributed by atoms with van der Waals surface area (Å²) in [6.45, 7) is 1.85. The number of hydrogen-bond donors (Lipinski definition) is 3. The summed E-state index contributed by atoms with van der Waals surface area (Å²) < 4.78 is 0. The summed E-state index contributed by atoms with van der Waals surface area (Å²) in [5, 5.41) is 0. The van der Waals surface area contributed by atoms with Gasteiger partial charge in [-0.25, -0.2) is 10.8 Å². The standard InChI is InChI=1S/C7H11N5/c1-5-6(3-2-4-10-5)11-7(8)12-9/h2-4H,9H2,1H3,(H3,8,11,12). The summed E-state index contributed by atoms with van der Waals surface area (Å²) in [5.74, 6) is 5.22. The Bertz CT molecular complexity index is 294. The molecule has 0 unspecified atom stereocenters. The number of aliphatic imine (C=N–C) groups is 1. The van der Waals surface area contributed by atoms with Crippen molar-refractivity contribution in [3.63, 3.8) is 0 Å². The van der Waals surface area contributed by atoms with Crippen molar-refractivity contribution >= 4 is 11.6 Å². The molecule has 5 heteroatoms. The van der Waals surface area contributed by atoms with E-state index < -0.39 is 0 Å². The van der Waals surface area contributed by atoms with Gasteiger partial charge < -0.3 is 5.73 Å². The van der Waals surface area contributed by atoms with E-state index in [2.05, 4.69) is 15.4 Å². The first-order valence-corrected chi connectivity index (χ1v) is 3.46. The average Bonchev–Trinajstić information content (AvgIpc) is 2.09. The molecule has 0 saturated carbocycles. The second-order valence-electron chi connectivity index (χ2n) is 2.25. The number of rotatable bonds is 1. The highest BCUT2D eigenvalue weighted by Gasteiger charge is 1.95. The van der Waals surface area contributed by atoms with Crippen LogP contribution in [0.4, 0.5) is 5.69 Å². The molecule has 1 rings (SSSR count). The summed E-state index contributed by atoms with van der Waals surface area (Å²) in [4.78, 5) is 8.01. The number of nitrogens with zero attached hydrogens (tertiary/aromatic N) is 2. The molecular weight excluding hydrogens is 154 g/mol. The van der Waals surface area contributed by atoms with Crippen LogP contribution in [0.15, 0.2) is 23.3 Å². The molecule has 1 heterocycles. The van der Waals surface area contributed by atoms with Crippen LogP contribution in [0.1, 0.15) is 5.69 Å². The summed E-state index contributed by atoms with van der Waals surface area (Å²) in [5.41, 5.74) is 9.13. The largest absolute Gasteiger partial charge is 0.369 e. The van der Waals surface area contributed by atoms with E-state index in [4.69, 9.17) is 11.6 Å². The Hall–Kier alpha value is -1.62. The van der Waals surface area contributed by atoms with Gasteiger partial charge in [0.05, 0.1) is 11.4 Å². The van der Waals surface area contributed by atoms with Crippen molar-refractivity contribution in [2.45, 2.75) is 6.92 Å². The van der Waals surface area contributed by atoms with E-state index >= 15 is 0 Å². The van der Waals surface area contributed by atoms with Gasteiger partial charge in [0.1, 0.15) is 0 Å². The van der Waals surface area contributed by atoms with Gasteiger partial charge in [-0.3, -0.25) is 10.4 Å². The lowest BCUT2D eigenvalue weighted by Gasteiger charge is -2.00. The van der Waals surface area contributed by atoms with Gasteiger partial charge in [0.2, 0.25) is 5.96 Å². The Labute approximate surface area is 70.5 Å². The number of aromatic nitrogens is 1. The van der Waals surface area contributed by atoms with Crippen molar-refractivity contribution in [1.82, 2.24) is 10.4 Å². The highest BCUT2D eigenvalue weighted by molar-refractivity contribution is 5.80. The van der Waals surface area contributed by atoms with Gasteiger partial charge in [0.25, 0.3) is 0 Å². The third-order valence-corrected chi connectivity index (χ3v) is 1.37. The smallest absolute Gasteiger partial charge is 0.208 e. The second kappa shape index (κ2) is 3.68. The van der Waals surface area contributed by atoms with Crippen molar-refractivity contribution in [3.8, 4) is 0 Å². The Kier molecular flexibility index (Phi) is 2.60. The normalized spacial score (nSPS) is 11.3. The fourth-order valence-corrected chi connectivity index (χ4v) is 0.756. The van der Waals surface area contributed by atoms with Gasteiger partial charge in [0.15, 0.2) is 0 Å². The van der Waals surface area contributed by atoms with Crippen LogP contribution in [-0.4, -0.2) is 10.9 Å². The maximum atomic E-state index is 5.36. The van der Waals surface area contributed by atoms with Crippen LogP contribution in [0.5, 0.6) is 0 Å². The summed E-state index contributed by atoms with van der Waals surface area (Å²) in [6, 6.07) is 3.60. The van der Waals surface area contributed by atoms with Crippen LogP contribution < -0.4 is 17.0 Å². The number of nitrogens with one attached hydrogen (secondary N) is 1. The van der Waals surface area contributed by atoms with Gasteiger partial charge in [-0.1, -0.05) is 0 Å². The fourth-order valence-electron chi connectivity index (χ4n) is 0.756. The highest BCUT2D eigenvalue weighted by atomic mass is 15.3. The Morgan fingerprint density at radius 2 is 2.42 bits per heavy atom. The zero-order valence-corrected chi connectivity index (χ0v) is 6.78. The minimum absolute atomic E-state index is 0.172. The third kappa shape index (κ3) is 1.93. The molecule has 5 N–H and O–H groups in total. The van der Waals surface area contributed by atoms with E-state index in [1.54, 1.807) is 12.3 Å². The molecule has 0 radical (unpaired) electrons. The van der Waals surface area contributed by atoms with Gasteiger partial charge in [-0.05, 0) is 19.1 Å². The van der Waals surface area contributed by atoms with Crippen LogP contribution in [-0.2, 0) is 0 Å². The third-order valence-electron chi connectivity index (χ3n) is 1.37. The first-order valence-electron chi connectivity index (χ1n) is 3.46. The molecule has 0 bridgehead atoms. The van der Waals surface area contributed by atoms with Crippen LogP contribution in [0.2, 0.25) is 0 Å². The number of hydrogen-bond acceptors (Lipinski definition) is 3. The SMILES string of the molecule is Cc1ncccc1N=C(N)NN. The molecular formula is C7H11N5. The van der Waals surface area contributed by atoms with Crippen LogP contribution in [0.3, 0.4) is 0 Å². The predicted octanol–water partition coefficient (Wildman–Crippen LogP) is -0.200. The van der Waals surface area contributed by atoms with E-state index in [0.717, 1.165) is 5.69 Å². The van der Waals surface area contributed by atoms with E-state index in [1.807, 2.05) is 13.0 Å². The van der Waals surface area contributed by atoms with Crippen LogP contribution >= 0.6 is 0 Å². The molecule has 0 atom stereocenters. The van der Waals surface area contributed by atoms with E-state index in [1.165, 1.54) is 0 Å². The van der Waals surface area contributed by atoms with Gasteiger partial charge >= 0.3 is 0 Å². The van der Waals surface area contributed by atoms with Crippen molar-refractivity contribution in [2.24, 2.45) is 16.6 Å². The zero-order valence-electron chi connectivity index (χ0n) is 6.78. The Balaban J connectivity index is 2.96. The molecule has 0 aromatic carbocycles. The first kappa shape index (κ1) is 8.48. The van der Waals surface area contributed by atoms with Gasteiger partial charge in [0, 0.05) is 6.20 Å². The Morgan fingerprint density at radius 1 is 1.67 bits per heavy atom. The molecule has 64 valence electrons. The van der Waals surface area contributed by atoms with Crippen molar-refractivity contribution < 1.29 is 0 Å². The summed E-state index contributed by atoms with van der Waals surface area (Å²) in [7, 11) is 0. The second-order valence-corrected chi connectivity index (χ2v) is 2.25. The minimum atomic E-state index is 0.172. The summed E-state index contributed by atoms with van der Waals surface area (Å²) in [6.07, 6.45) is 1.69. The maximum Gasteiger partial charge on any atom is 0.208 e. The predicted molar refractivity (Wildman–Crippen MR) is 47.6 cm³/mol. The van der Waals surface area contributed by atoms with Gasteiger partial charge in [-0.15, -0.1) is 0 Å². The lowest BCUT2D eigenvalue weighted by Crippen LogP contribution is -2.36. The van der Waals surface area contributed by atoms with Crippen molar-refractivity contribution in [2.75, 3.05) is 0 Å². The van der Waals surface area contributed by atoms with Crippen molar-refractivity contribution in [3.05, 3.63) is 24.0 Å². The lowest BCUT2D eigenvalue weighted by molar-refractivity contribution is 1.00. The molecule has 0 spiro atoms. The molecule has 0 aliphatic rings. The van der Waals surface area contributed by atoms with E-state index in [-0.39, 0.29) is 5.96 Å². The molecule has 0 amide bonds. The van der Waals surface area contributed by atoms with Gasteiger partial charge in [-0.2, -0.15) is 0 Å². The number of pyridine rings is 1. The number of guanidine groups is 1. The molecule has 0 aliphatic carbocycles. The summed E-state index contributed by atoms with van der Waals surface area (Å²) >= 11 is 0. The monoisotopic (exact) mass is 165 g/mol. The van der Waals surface area contributed by atoms with E-state index in [0.29, 0.717) is 5.69 Å². The molecule has 0 fully saturated rings. The molecule has 1 aromatic heterocycles. The molecule has 0 aliphatic heterocycles. The van der Waals surface area contributed by atoms with Crippen LogP contribution in [0.25, 0.3) is 0 Å². The number of aryl methyl sites for hydroxylation is 1. The van der Waals surface area contributed by atoms with Crippen LogP contribution in [0, 0.1) is 6.92 Å². The first-order chi connectivity index (χ1) is 5.74. The molecule has 0 saturated heterocycles. The number of hydrazine groups is 1. The maximum absolute atomic E-state index is 5.36. The number of nitrogens with two attached hydrogens (primary N) is 2. The topological polar surface area (TPSA) is 89.3 Å². The minimum Gasteiger partial charge on any atom is -0.369 e. The lowest BCUT2D eigenvalue weighted by atomic mass is 10.3. The fraction of sp³-hybridized carbons (Fsp3) is 0.143. The van der Waals surface area contributed by atoms with E-state index in [9.17, 15) is 0 Å². The molecule has 1 aromatic rings. The zero-order chi connectivity index (χ0) is 8.97. The quantitative estimate of drug-likeness (QED) is 0.233.